The van der Waals surface area contributed by atoms with Gasteiger partial charge in [0.25, 0.3) is 0 Å². The first-order chi connectivity index (χ1) is 12.9. The minimum atomic E-state index is -5.09. The number of phosphoric acid groups is 2. The van der Waals surface area contributed by atoms with Gasteiger partial charge >= 0.3 is 21.6 Å². The third-order valence-corrected chi connectivity index (χ3v) is 4.88. The summed E-state index contributed by atoms with van der Waals surface area (Å²) >= 11 is 0. The first-order valence-corrected chi connectivity index (χ1v) is 11.1. The lowest BCUT2D eigenvalue weighted by atomic mass is 9.92. The van der Waals surface area contributed by atoms with Crippen LogP contribution in [0.25, 0.3) is 0 Å². The molecule has 2 radical (unpaired) electrons. The molecular weight excluding hydrogens is 417 g/mol. The fourth-order valence-corrected chi connectivity index (χ4v) is 3.61. The number of carbonyl (C=O) groups is 1. The average molecular weight is 436 g/mol. The molecular formula is C14H19BO11P2. The fraction of sp³-hybridized carbons (Fsp3) is 0.500. The van der Waals surface area contributed by atoms with E-state index in [1.807, 2.05) is 6.92 Å². The van der Waals surface area contributed by atoms with Gasteiger partial charge in [-0.3, -0.25) is 9.05 Å². The zero-order chi connectivity index (χ0) is 21.1. The van der Waals surface area contributed by atoms with E-state index >= 15 is 0 Å². The Morgan fingerprint density at radius 3 is 2.36 bits per heavy atom. The molecule has 4 atom stereocenters. The first kappa shape index (κ1) is 23.2. The quantitative estimate of drug-likeness (QED) is 0.250. The summed E-state index contributed by atoms with van der Waals surface area (Å²) in [4.78, 5) is 48.4. The molecule has 2 rings (SSSR count). The number of hydrogen-bond donors (Lipinski definition) is 4. The van der Waals surface area contributed by atoms with Crippen LogP contribution >= 0.6 is 15.6 Å². The fourth-order valence-electron chi connectivity index (χ4n) is 2.70. The van der Waals surface area contributed by atoms with Gasteiger partial charge in [-0.15, -0.1) is 0 Å². The molecule has 1 heterocycles. The molecule has 1 aromatic rings. The van der Waals surface area contributed by atoms with Crippen LogP contribution in [-0.2, 0) is 34.1 Å². The molecule has 154 valence electrons. The van der Waals surface area contributed by atoms with E-state index in [1.54, 1.807) is 18.2 Å². The van der Waals surface area contributed by atoms with Crippen molar-refractivity contribution in [1.82, 2.24) is 0 Å². The summed E-state index contributed by atoms with van der Waals surface area (Å²) in [7, 11) is -4.25. The smallest absolute Gasteiger partial charge is 0.454 e. The van der Waals surface area contributed by atoms with Crippen molar-refractivity contribution in [1.29, 1.82) is 0 Å². The van der Waals surface area contributed by atoms with E-state index in [2.05, 4.69) is 9.05 Å². The van der Waals surface area contributed by atoms with Gasteiger partial charge in [0.2, 0.25) is 0 Å². The Labute approximate surface area is 161 Å². The Morgan fingerprint density at radius 2 is 1.79 bits per heavy atom. The first-order valence-electron chi connectivity index (χ1n) is 8.05. The molecule has 11 nitrogen and oxygen atoms in total. The highest BCUT2D eigenvalue weighted by Gasteiger charge is 2.49. The van der Waals surface area contributed by atoms with Crippen molar-refractivity contribution in [2.75, 3.05) is 6.61 Å². The minimum Gasteiger partial charge on any atom is -0.454 e. The number of aryl methyl sites for hydroxylation is 1. The summed E-state index contributed by atoms with van der Waals surface area (Å²) in [5, 5.41) is 0. The van der Waals surface area contributed by atoms with E-state index in [-0.39, 0.29) is 5.56 Å². The van der Waals surface area contributed by atoms with Gasteiger partial charge in [-0.1, -0.05) is 25.1 Å². The van der Waals surface area contributed by atoms with Crippen LogP contribution in [0.1, 0.15) is 22.8 Å². The predicted octanol–water partition coefficient (Wildman–Crippen LogP) is 0.255. The molecule has 1 aliphatic heterocycles. The summed E-state index contributed by atoms with van der Waals surface area (Å²) in [5.41, 5.74) is 0.899. The summed E-state index contributed by atoms with van der Waals surface area (Å²) in [5.74, 6) is -0.822. The number of hydrogen-bond acceptors (Lipinski definition) is 7. The molecule has 28 heavy (non-hydrogen) atoms. The summed E-state index contributed by atoms with van der Waals surface area (Å²) in [6.45, 7) is 1.02. The van der Waals surface area contributed by atoms with Crippen LogP contribution in [0.15, 0.2) is 24.3 Å². The largest absolute Gasteiger partial charge is 0.470 e. The maximum Gasteiger partial charge on any atom is 0.470 e. The highest BCUT2D eigenvalue weighted by atomic mass is 31.2. The van der Waals surface area contributed by atoms with E-state index in [9.17, 15) is 13.9 Å². The van der Waals surface area contributed by atoms with E-state index in [4.69, 9.17) is 36.9 Å². The van der Waals surface area contributed by atoms with Crippen molar-refractivity contribution in [3.05, 3.63) is 35.4 Å². The molecule has 1 fully saturated rings. The molecule has 4 N–H and O–H groups in total. The Morgan fingerprint density at radius 1 is 1.14 bits per heavy atom. The van der Waals surface area contributed by atoms with E-state index < -0.39 is 52.5 Å². The zero-order valence-corrected chi connectivity index (χ0v) is 16.4. The number of benzene rings is 1. The van der Waals surface area contributed by atoms with Gasteiger partial charge in [-0.2, -0.15) is 0 Å². The molecule has 0 saturated carbocycles. The van der Waals surface area contributed by atoms with Gasteiger partial charge in [-0.05, 0) is 18.1 Å². The van der Waals surface area contributed by atoms with Crippen LogP contribution in [0.5, 0.6) is 0 Å². The second-order valence-electron chi connectivity index (χ2n) is 5.87. The molecule has 0 amide bonds. The molecule has 1 aromatic carbocycles. The van der Waals surface area contributed by atoms with Crippen LogP contribution in [0.2, 0.25) is 0 Å². The van der Waals surface area contributed by atoms with Gasteiger partial charge in [0, 0.05) is 0 Å². The molecule has 14 heteroatoms. The Hall–Kier alpha value is -1.07. The second-order valence-corrected chi connectivity index (χ2v) is 8.30. The second kappa shape index (κ2) is 9.17. The summed E-state index contributed by atoms with van der Waals surface area (Å²) in [6.07, 6.45) is -3.97. The Kier molecular flexibility index (Phi) is 7.60. The number of rotatable bonds is 8. The highest BCUT2D eigenvalue weighted by Crippen LogP contribution is 2.44. The molecule has 1 aliphatic rings. The molecule has 1 unspecified atom stereocenters. The lowest BCUT2D eigenvalue weighted by Gasteiger charge is -2.24. The van der Waals surface area contributed by atoms with Crippen molar-refractivity contribution < 1.29 is 52.0 Å². The lowest BCUT2D eigenvalue weighted by molar-refractivity contribution is -0.0170. The van der Waals surface area contributed by atoms with Gasteiger partial charge in [0.1, 0.15) is 26.2 Å². The average Bonchev–Trinajstić information content (AvgIpc) is 2.86. The van der Waals surface area contributed by atoms with Crippen molar-refractivity contribution in [2.24, 2.45) is 0 Å². The predicted molar refractivity (Wildman–Crippen MR) is 94.4 cm³/mol. The van der Waals surface area contributed by atoms with Crippen molar-refractivity contribution in [2.45, 2.75) is 37.7 Å². The minimum absolute atomic E-state index is 0.224. The molecule has 0 spiro atoms. The maximum atomic E-state index is 12.5. The van der Waals surface area contributed by atoms with Crippen LogP contribution < -0.4 is 0 Å². The SMILES string of the molecule is [B][C@@H]1O[C@H](COP(=O)(O)O)[C@H](OP(=O)(O)O)C1OC(=O)c1ccccc1CC. The number of phosphoric ester groups is 2. The topological polar surface area (TPSA) is 169 Å². The Balaban J connectivity index is 2.23. The van der Waals surface area contributed by atoms with E-state index in [1.165, 1.54) is 6.07 Å². The molecule has 1 saturated heterocycles. The monoisotopic (exact) mass is 436 g/mol. The number of esters is 1. The van der Waals surface area contributed by atoms with Gasteiger partial charge < -0.3 is 29.0 Å². The number of ether oxygens (including phenoxy) is 2. The van der Waals surface area contributed by atoms with Gasteiger partial charge in [0.15, 0.2) is 0 Å². The Bertz CT molecular complexity index is 791. The highest BCUT2D eigenvalue weighted by molar-refractivity contribution is 7.46. The van der Waals surface area contributed by atoms with Crippen LogP contribution in [0.3, 0.4) is 0 Å². The van der Waals surface area contributed by atoms with E-state index in [0.717, 1.165) is 0 Å². The molecule has 0 aromatic heterocycles. The summed E-state index contributed by atoms with van der Waals surface area (Å²) < 4.78 is 41.5. The third kappa shape index (κ3) is 6.48. The zero-order valence-electron chi connectivity index (χ0n) is 14.7. The van der Waals surface area contributed by atoms with Crippen molar-refractivity contribution in [3.8, 4) is 0 Å². The number of carbonyl (C=O) groups excluding carboxylic acids is 1. The van der Waals surface area contributed by atoms with Crippen molar-refractivity contribution >= 4 is 29.5 Å². The van der Waals surface area contributed by atoms with Crippen LogP contribution in [0.4, 0.5) is 0 Å². The van der Waals surface area contributed by atoms with Gasteiger partial charge in [0.05, 0.1) is 18.2 Å². The van der Waals surface area contributed by atoms with E-state index in [0.29, 0.717) is 12.0 Å². The lowest BCUT2D eigenvalue weighted by Crippen LogP contribution is -2.40. The van der Waals surface area contributed by atoms with Gasteiger partial charge in [-0.25, -0.2) is 13.9 Å². The third-order valence-electron chi connectivity index (χ3n) is 3.87. The molecule has 0 bridgehead atoms. The van der Waals surface area contributed by atoms with Crippen LogP contribution in [-0.4, -0.2) is 64.3 Å². The van der Waals surface area contributed by atoms with Crippen LogP contribution in [0, 0.1) is 0 Å². The van der Waals surface area contributed by atoms with Crippen molar-refractivity contribution in [3.63, 3.8) is 0 Å². The normalized spacial score (nSPS) is 25.6. The maximum absolute atomic E-state index is 12.5. The standard InChI is InChI=1S/C14H19BO11P2/c1-2-8-5-3-4-6-9(8)14(16)25-12-11(26-28(20,21)22)10(24-13(12)15)7-23-27(17,18)19/h3-6,10-13H,2,7H2,1H3,(H2,17,18,19)(H2,20,21,22)/t10-,11+,12?,13-/m1/s1. The molecule has 0 aliphatic carbocycles. The summed E-state index contributed by atoms with van der Waals surface area (Å²) in [6, 6.07) is 5.19.